The molecule has 3 aromatic rings. The Morgan fingerprint density at radius 1 is 0.667 bits per heavy atom. The first-order valence-corrected chi connectivity index (χ1v) is 17.2. The number of aryl methyl sites for hydroxylation is 1. The molecule has 0 bridgehead atoms. The molecule has 0 aliphatic carbocycles. The Bertz CT molecular complexity index is 1330. The van der Waals surface area contributed by atoms with Gasteiger partial charge in [-0.25, -0.2) is 4.57 Å². The highest BCUT2D eigenvalue weighted by atomic mass is 33.1. The molecule has 6 heteroatoms. The number of aromatic nitrogens is 1. The smallest absolute Gasteiger partial charge is 0.204 e. The summed E-state index contributed by atoms with van der Waals surface area (Å²) in [6.45, 7) is 8.60. The van der Waals surface area contributed by atoms with Crippen LogP contribution in [0.5, 0.6) is 0 Å². The van der Waals surface area contributed by atoms with Crippen LogP contribution >= 0.6 is 21.6 Å². The van der Waals surface area contributed by atoms with Crippen molar-refractivity contribution in [3.05, 3.63) is 120 Å². The summed E-state index contributed by atoms with van der Waals surface area (Å²) in [5.41, 5.74) is 6.19. The van der Waals surface area contributed by atoms with Gasteiger partial charge in [0, 0.05) is 73.3 Å². The van der Waals surface area contributed by atoms with Crippen LogP contribution in [0, 0.1) is 0 Å². The van der Waals surface area contributed by atoms with Gasteiger partial charge in [-0.3, -0.25) is 4.99 Å². The number of allylic oxidation sites excluding steroid dienone is 5. The third kappa shape index (κ3) is 11.8. The van der Waals surface area contributed by atoms with E-state index in [0.29, 0.717) is 0 Å². The molecule has 0 saturated heterocycles. The monoisotopic (exact) mass is 598 g/mol. The standard InChI is InChI=1S/C36H45N4S2/c1-5-39(35-22-17-32(18-23-35)14-10-8-7-9-12-26-37-3)28-30-41-42-31-29-40(6-2)36-24-19-33(20-25-36)16-21-34-15-11-13-27-38(34)4/h7-27H,5-6,28-31H2,1-4H3/q+1/p+1/b8-7+,12-9-,14-10+,37-26?. The lowest BCUT2D eigenvalue weighted by molar-refractivity contribution is -0.673. The quantitative estimate of drug-likeness (QED) is 0.0646. The van der Waals surface area contributed by atoms with Crippen molar-refractivity contribution in [1.82, 2.24) is 0 Å². The van der Waals surface area contributed by atoms with E-state index in [4.69, 9.17) is 0 Å². The zero-order chi connectivity index (χ0) is 29.8. The van der Waals surface area contributed by atoms with Crippen LogP contribution < -0.4 is 19.4 Å². The molecule has 0 unspecified atom stereocenters. The summed E-state index contributed by atoms with van der Waals surface area (Å²) in [7, 11) is 7.92. The molecule has 0 atom stereocenters. The van der Waals surface area contributed by atoms with E-state index in [1.807, 2.05) is 65.2 Å². The largest absolute Gasteiger partial charge is 0.371 e. The summed E-state index contributed by atoms with van der Waals surface area (Å²) < 4.78 is 2.13. The molecule has 3 rings (SSSR count). The molecule has 0 fully saturated rings. The lowest BCUT2D eigenvalue weighted by atomic mass is 10.1. The number of pyridine rings is 1. The second-order valence-corrected chi connectivity index (χ2v) is 12.3. The van der Waals surface area contributed by atoms with Crippen LogP contribution in [-0.4, -0.2) is 50.9 Å². The molecule has 1 aromatic heterocycles. The van der Waals surface area contributed by atoms with Gasteiger partial charge >= 0.3 is 0 Å². The minimum Gasteiger partial charge on any atom is -0.371 e. The van der Waals surface area contributed by atoms with E-state index in [1.54, 1.807) is 0 Å². The fourth-order valence-electron chi connectivity index (χ4n) is 4.35. The summed E-state index contributed by atoms with van der Waals surface area (Å²) in [6.07, 6.45) is 20.6. The van der Waals surface area contributed by atoms with Crippen LogP contribution in [0.4, 0.5) is 11.4 Å². The second-order valence-electron chi connectivity index (χ2n) is 9.64. The zero-order valence-corrected chi connectivity index (χ0v) is 27.2. The van der Waals surface area contributed by atoms with Gasteiger partial charge in [-0.1, -0.05) is 76.2 Å². The van der Waals surface area contributed by atoms with Gasteiger partial charge in [0.25, 0.3) is 0 Å². The van der Waals surface area contributed by atoms with Crippen LogP contribution in [0.15, 0.2) is 103 Å². The van der Waals surface area contributed by atoms with Crippen LogP contribution in [0.2, 0.25) is 0 Å². The predicted molar refractivity (Wildman–Crippen MR) is 190 cm³/mol. The highest BCUT2D eigenvalue weighted by Gasteiger charge is 2.07. The van der Waals surface area contributed by atoms with Gasteiger partial charge in [0.1, 0.15) is 14.1 Å². The SMILES string of the molecule is CCN(CCSSCCN(CC)c1ccc(/C=C/c2cccc[n+]2C)cc1)c1ccc(/C=C/C=C/C=C\C=[NH+]C)cc1. The van der Waals surface area contributed by atoms with E-state index in [-0.39, 0.29) is 0 Å². The zero-order valence-electron chi connectivity index (χ0n) is 25.5. The molecule has 1 N–H and O–H groups in total. The number of hydrogen-bond donors (Lipinski definition) is 1. The highest BCUT2D eigenvalue weighted by Crippen LogP contribution is 2.24. The normalized spacial score (nSPS) is 12.1. The van der Waals surface area contributed by atoms with Crippen molar-refractivity contribution >= 4 is 57.4 Å². The minimum absolute atomic E-state index is 1.01. The number of nitrogens with zero attached hydrogens (tertiary/aromatic N) is 3. The van der Waals surface area contributed by atoms with Gasteiger partial charge in [0.15, 0.2) is 12.4 Å². The maximum atomic E-state index is 2.97. The van der Waals surface area contributed by atoms with Crippen molar-refractivity contribution in [2.75, 3.05) is 54.5 Å². The van der Waals surface area contributed by atoms with Crippen molar-refractivity contribution in [3.63, 3.8) is 0 Å². The summed E-state index contributed by atoms with van der Waals surface area (Å²) in [5, 5.41) is 0. The maximum absolute atomic E-state index is 2.97. The lowest BCUT2D eigenvalue weighted by Gasteiger charge is -2.24. The van der Waals surface area contributed by atoms with Crippen LogP contribution in [0.1, 0.15) is 30.7 Å². The van der Waals surface area contributed by atoms with Crippen LogP contribution in [0.25, 0.3) is 18.2 Å². The number of anilines is 2. The molecule has 0 aliphatic heterocycles. The first-order valence-electron chi connectivity index (χ1n) is 14.7. The molecular weight excluding hydrogens is 553 g/mol. The Balaban J connectivity index is 1.38. The van der Waals surface area contributed by atoms with E-state index in [2.05, 4.69) is 131 Å². The molecule has 0 spiro atoms. The first-order chi connectivity index (χ1) is 20.6. The van der Waals surface area contributed by atoms with Crippen molar-refractivity contribution in [1.29, 1.82) is 0 Å². The van der Waals surface area contributed by atoms with Gasteiger partial charge in [0.2, 0.25) is 5.69 Å². The fraction of sp³-hybridized carbons (Fsp3) is 0.278. The topological polar surface area (TPSA) is 24.3 Å². The molecule has 1 heterocycles. The van der Waals surface area contributed by atoms with Crippen molar-refractivity contribution in [3.8, 4) is 0 Å². The Morgan fingerprint density at radius 3 is 1.76 bits per heavy atom. The second kappa shape index (κ2) is 19.6. The summed E-state index contributed by atoms with van der Waals surface area (Å²) in [4.78, 5) is 7.89. The molecule has 4 nitrogen and oxygen atoms in total. The Hall–Kier alpha value is -3.48. The summed E-state index contributed by atoms with van der Waals surface area (Å²) >= 11 is 0. The number of benzene rings is 2. The Morgan fingerprint density at radius 2 is 1.21 bits per heavy atom. The predicted octanol–water partition coefficient (Wildman–Crippen LogP) is 6.32. The third-order valence-corrected chi connectivity index (χ3v) is 9.16. The lowest BCUT2D eigenvalue weighted by Crippen LogP contribution is -2.62. The van der Waals surface area contributed by atoms with E-state index in [1.165, 1.54) is 28.2 Å². The fourth-order valence-corrected chi connectivity index (χ4v) is 6.33. The van der Waals surface area contributed by atoms with Gasteiger partial charge in [-0.05, 0) is 61.4 Å². The van der Waals surface area contributed by atoms with Gasteiger partial charge < -0.3 is 9.80 Å². The average Bonchev–Trinajstić information content (AvgIpc) is 3.02. The molecule has 2 aromatic carbocycles. The van der Waals surface area contributed by atoms with Crippen molar-refractivity contribution in [2.24, 2.45) is 7.05 Å². The molecule has 0 radical (unpaired) electrons. The van der Waals surface area contributed by atoms with Crippen LogP contribution in [0.3, 0.4) is 0 Å². The Labute approximate surface area is 261 Å². The minimum atomic E-state index is 1.01. The van der Waals surface area contributed by atoms with Gasteiger partial charge in [-0.2, -0.15) is 0 Å². The van der Waals surface area contributed by atoms with E-state index in [0.717, 1.165) is 37.7 Å². The van der Waals surface area contributed by atoms with E-state index in [9.17, 15) is 0 Å². The average molecular weight is 599 g/mol. The van der Waals surface area contributed by atoms with Gasteiger partial charge in [0.05, 0.1) is 0 Å². The first kappa shape index (κ1) is 33.0. The summed E-state index contributed by atoms with van der Waals surface area (Å²) in [6, 6.07) is 24.0. The molecule has 42 heavy (non-hydrogen) atoms. The number of nitrogens with one attached hydrogen (secondary N) is 1. The highest BCUT2D eigenvalue weighted by molar-refractivity contribution is 8.76. The van der Waals surface area contributed by atoms with E-state index >= 15 is 0 Å². The Kier molecular flexibility index (Phi) is 15.4. The molecule has 0 aliphatic rings. The van der Waals surface area contributed by atoms with Crippen molar-refractivity contribution in [2.45, 2.75) is 13.8 Å². The number of hydrogen-bond acceptors (Lipinski definition) is 4. The van der Waals surface area contributed by atoms with Crippen LogP contribution in [-0.2, 0) is 7.05 Å². The molecule has 220 valence electrons. The molecule has 0 saturated carbocycles. The molecule has 0 amide bonds. The van der Waals surface area contributed by atoms with Gasteiger partial charge in [-0.15, -0.1) is 0 Å². The summed E-state index contributed by atoms with van der Waals surface area (Å²) in [5.74, 6) is 2.21. The van der Waals surface area contributed by atoms with E-state index < -0.39 is 0 Å². The number of rotatable bonds is 17. The molecular formula is C36H46N4S2+2. The third-order valence-electron chi connectivity index (χ3n) is 6.79. The maximum Gasteiger partial charge on any atom is 0.204 e. The van der Waals surface area contributed by atoms with Crippen molar-refractivity contribution < 1.29 is 9.56 Å².